The molecule has 16 heavy (non-hydrogen) atoms. The second-order valence-electron chi connectivity index (χ2n) is 4.71. The van der Waals surface area contributed by atoms with E-state index in [-0.39, 0.29) is 6.10 Å². The lowest BCUT2D eigenvalue weighted by molar-refractivity contribution is -0.160. The van der Waals surface area contributed by atoms with Crippen molar-refractivity contribution in [2.75, 3.05) is 0 Å². The van der Waals surface area contributed by atoms with Gasteiger partial charge in [0.1, 0.15) is 12.2 Å². The molecule has 0 radical (unpaired) electrons. The highest BCUT2D eigenvalue weighted by Crippen LogP contribution is 2.25. The van der Waals surface area contributed by atoms with E-state index in [2.05, 4.69) is 20.8 Å². The fraction of sp³-hybridized carbons (Fsp3) is 0.923. The monoisotopic (exact) mass is 230 g/mol. The molecule has 0 aromatic rings. The van der Waals surface area contributed by atoms with Crippen molar-refractivity contribution >= 4 is 5.97 Å². The Morgan fingerprint density at radius 1 is 1.44 bits per heavy atom. The number of carbonyl (C=O) groups excluding carboxylic acids is 1. The van der Waals surface area contributed by atoms with Gasteiger partial charge in [0, 0.05) is 0 Å². The molecule has 0 aliphatic heterocycles. The molecule has 96 valence electrons. The highest BCUT2D eigenvalue weighted by atomic mass is 16.6. The van der Waals surface area contributed by atoms with Crippen LogP contribution in [-0.4, -0.2) is 23.3 Å². The van der Waals surface area contributed by atoms with Crippen molar-refractivity contribution in [2.24, 2.45) is 5.92 Å². The summed E-state index contributed by atoms with van der Waals surface area (Å²) in [5.41, 5.74) is 0. The highest BCUT2D eigenvalue weighted by Gasteiger charge is 2.23. The van der Waals surface area contributed by atoms with Crippen LogP contribution in [0.4, 0.5) is 0 Å². The lowest BCUT2D eigenvalue weighted by atomic mass is 9.89. The topological polar surface area (TPSA) is 46.5 Å². The zero-order valence-electron chi connectivity index (χ0n) is 11.0. The summed E-state index contributed by atoms with van der Waals surface area (Å²) in [5, 5.41) is 8.94. The van der Waals surface area contributed by atoms with Gasteiger partial charge in [0.05, 0.1) is 0 Å². The Kier molecular flexibility index (Phi) is 8.26. The molecule has 0 bridgehead atoms. The van der Waals surface area contributed by atoms with Gasteiger partial charge in [-0.1, -0.05) is 33.6 Å². The molecule has 0 heterocycles. The van der Waals surface area contributed by atoms with Crippen LogP contribution in [0.1, 0.15) is 59.8 Å². The number of rotatable bonds is 2. The molecular formula is C13H26O3. The summed E-state index contributed by atoms with van der Waals surface area (Å²) in [6, 6.07) is 0. The summed E-state index contributed by atoms with van der Waals surface area (Å²) in [6.45, 7) is 7.86. The second-order valence-corrected chi connectivity index (χ2v) is 4.71. The van der Waals surface area contributed by atoms with Crippen LogP contribution in [-0.2, 0) is 9.53 Å². The molecule has 0 aromatic heterocycles. The maximum absolute atomic E-state index is 11.0. The van der Waals surface area contributed by atoms with Crippen molar-refractivity contribution in [3.05, 3.63) is 0 Å². The molecule has 1 saturated carbocycles. The van der Waals surface area contributed by atoms with Crippen LogP contribution in [0.25, 0.3) is 0 Å². The Morgan fingerprint density at radius 2 is 2.00 bits per heavy atom. The summed E-state index contributed by atoms with van der Waals surface area (Å²) in [5.74, 6) is 0.152. The first-order chi connectivity index (χ1) is 7.51. The summed E-state index contributed by atoms with van der Waals surface area (Å²) in [6.07, 6.45) is 4.53. The molecular weight excluding hydrogens is 204 g/mol. The average Bonchev–Trinajstić information content (AvgIpc) is 2.18. The van der Waals surface area contributed by atoms with Crippen LogP contribution in [0.5, 0.6) is 0 Å². The maximum Gasteiger partial charge on any atom is 0.334 e. The third-order valence-corrected chi connectivity index (χ3v) is 2.51. The first-order valence-electron chi connectivity index (χ1n) is 6.39. The molecule has 0 aromatic carbocycles. The van der Waals surface area contributed by atoms with Crippen molar-refractivity contribution in [3.8, 4) is 0 Å². The predicted octanol–water partition coefficient (Wildman–Crippen LogP) is 2.91. The van der Waals surface area contributed by atoms with Gasteiger partial charge in [-0.05, 0) is 32.1 Å². The number of aliphatic hydroxyl groups is 1. The first kappa shape index (κ1) is 15.4. The quantitative estimate of drug-likeness (QED) is 0.742. The fourth-order valence-corrected chi connectivity index (χ4v) is 1.75. The van der Waals surface area contributed by atoms with Gasteiger partial charge in [0.15, 0.2) is 0 Å². The van der Waals surface area contributed by atoms with Gasteiger partial charge in [-0.15, -0.1) is 0 Å². The van der Waals surface area contributed by atoms with Gasteiger partial charge in [-0.3, -0.25) is 0 Å². The predicted molar refractivity (Wildman–Crippen MR) is 65.2 cm³/mol. The van der Waals surface area contributed by atoms with E-state index >= 15 is 0 Å². The van der Waals surface area contributed by atoms with Crippen LogP contribution in [0.3, 0.4) is 0 Å². The normalized spacial score (nSPS) is 26.3. The first-order valence-corrected chi connectivity index (χ1v) is 6.39. The smallest absolute Gasteiger partial charge is 0.334 e. The summed E-state index contributed by atoms with van der Waals surface area (Å²) in [4.78, 5) is 11.0. The van der Waals surface area contributed by atoms with Gasteiger partial charge < -0.3 is 9.84 Å². The number of ether oxygens (including phenoxy) is 1. The van der Waals surface area contributed by atoms with Crippen LogP contribution < -0.4 is 0 Å². The van der Waals surface area contributed by atoms with Gasteiger partial charge in [-0.2, -0.15) is 0 Å². The van der Waals surface area contributed by atoms with E-state index in [9.17, 15) is 4.79 Å². The molecule has 1 aliphatic rings. The molecule has 0 saturated heterocycles. The van der Waals surface area contributed by atoms with E-state index < -0.39 is 12.1 Å². The van der Waals surface area contributed by atoms with Crippen LogP contribution >= 0.6 is 0 Å². The van der Waals surface area contributed by atoms with Crippen LogP contribution in [0.2, 0.25) is 0 Å². The number of hydrogen-bond donors (Lipinski definition) is 1. The summed E-state index contributed by atoms with van der Waals surface area (Å²) in [7, 11) is 0. The molecule has 1 N–H and O–H groups in total. The van der Waals surface area contributed by atoms with Crippen molar-refractivity contribution in [2.45, 2.75) is 72.0 Å². The van der Waals surface area contributed by atoms with E-state index in [1.54, 1.807) is 0 Å². The number of carbonyl (C=O) groups is 1. The Hall–Kier alpha value is -0.570. The lowest BCUT2D eigenvalue weighted by Gasteiger charge is -2.26. The van der Waals surface area contributed by atoms with E-state index in [4.69, 9.17) is 9.84 Å². The number of aliphatic hydroxyl groups excluding tert-OH is 1. The van der Waals surface area contributed by atoms with Gasteiger partial charge in [-0.25, -0.2) is 4.79 Å². The van der Waals surface area contributed by atoms with E-state index in [0.717, 1.165) is 19.3 Å². The molecule has 0 spiro atoms. The SMILES string of the molecule is CC1CCCC(OC(=O)C(C)O)C1.CCC. The summed E-state index contributed by atoms with van der Waals surface area (Å²) >= 11 is 0. The van der Waals surface area contributed by atoms with Gasteiger partial charge in [0.25, 0.3) is 0 Å². The number of esters is 1. The summed E-state index contributed by atoms with van der Waals surface area (Å²) < 4.78 is 5.13. The second kappa shape index (κ2) is 8.57. The molecule has 0 amide bonds. The largest absolute Gasteiger partial charge is 0.460 e. The third-order valence-electron chi connectivity index (χ3n) is 2.51. The van der Waals surface area contributed by atoms with Crippen molar-refractivity contribution in [1.82, 2.24) is 0 Å². The molecule has 1 aliphatic carbocycles. The standard InChI is InChI=1S/C10H18O3.C3H8/c1-7-4-3-5-9(6-7)13-10(12)8(2)11;1-3-2/h7-9,11H,3-6H2,1-2H3;3H2,1-2H3. The van der Waals surface area contributed by atoms with Crippen LogP contribution in [0.15, 0.2) is 0 Å². The van der Waals surface area contributed by atoms with Crippen molar-refractivity contribution < 1.29 is 14.6 Å². The minimum Gasteiger partial charge on any atom is -0.460 e. The molecule has 3 nitrogen and oxygen atoms in total. The minimum atomic E-state index is -0.989. The average molecular weight is 230 g/mol. The van der Waals surface area contributed by atoms with E-state index in [1.807, 2.05) is 0 Å². The Bertz CT molecular complexity index is 190. The lowest BCUT2D eigenvalue weighted by Crippen LogP contribution is -2.29. The minimum absolute atomic E-state index is 0.0332. The maximum atomic E-state index is 11.0. The molecule has 1 fully saturated rings. The van der Waals surface area contributed by atoms with E-state index in [1.165, 1.54) is 19.8 Å². The van der Waals surface area contributed by atoms with Gasteiger partial charge in [0.2, 0.25) is 0 Å². The van der Waals surface area contributed by atoms with Crippen molar-refractivity contribution in [1.29, 1.82) is 0 Å². The Balaban J connectivity index is 0.000000673. The third kappa shape index (κ3) is 6.83. The van der Waals surface area contributed by atoms with Crippen LogP contribution in [0, 0.1) is 5.92 Å². The molecule has 3 heteroatoms. The van der Waals surface area contributed by atoms with Crippen molar-refractivity contribution in [3.63, 3.8) is 0 Å². The molecule has 3 atom stereocenters. The Labute approximate surface area is 99.2 Å². The number of hydrogen-bond acceptors (Lipinski definition) is 3. The van der Waals surface area contributed by atoms with E-state index in [0.29, 0.717) is 5.92 Å². The zero-order valence-corrected chi connectivity index (χ0v) is 11.0. The fourth-order valence-electron chi connectivity index (χ4n) is 1.75. The molecule has 1 rings (SSSR count). The molecule has 3 unspecified atom stereocenters. The van der Waals surface area contributed by atoms with Gasteiger partial charge >= 0.3 is 5.97 Å². The zero-order chi connectivity index (χ0) is 12.6. The Morgan fingerprint density at radius 3 is 2.44 bits per heavy atom. The highest BCUT2D eigenvalue weighted by molar-refractivity contribution is 5.73.